The van der Waals surface area contributed by atoms with Crippen LogP contribution in [0.4, 0.5) is 11.5 Å². The van der Waals surface area contributed by atoms with Gasteiger partial charge in [-0.25, -0.2) is 0 Å². The average molecular weight is 402 g/mol. The summed E-state index contributed by atoms with van der Waals surface area (Å²) in [6.45, 7) is 2.15. The summed E-state index contributed by atoms with van der Waals surface area (Å²) in [5.41, 5.74) is 9.52. The normalized spacial score (nSPS) is 10.9. The van der Waals surface area contributed by atoms with Gasteiger partial charge in [0.15, 0.2) is 0 Å². The van der Waals surface area contributed by atoms with Gasteiger partial charge in [-0.05, 0) is 54.4 Å². The molecule has 30 heavy (non-hydrogen) atoms. The molecule has 0 atom stereocenters. The molecule has 2 heterocycles. The average Bonchev–Trinajstić information content (AvgIpc) is 3.22. The quantitative estimate of drug-likeness (QED) is 0.489. The van der Waals surface area contributed by atoms with Crippen molar-refractivity contribution in [3.63, 3.8) is 0 Å². The van der Waals surface area contributed by atoms with Gasteiger partial charge >= 0.3 is 0 Å². The molecule has 0 aliphatic carbocycles. The summed E-state index contributed by atoms with van der Waals surface area (Å²) in [7, 11) is 1.66. The van der Waals surface area contributed by atoms with Gasteiger partial charge in [0, 0.05) is 22.9 Å². The van der Waals surface area contributed by atoms with Crippen LogP contribution in [0.15, 0.2) is 54.9 Å². The minimum absolute atomic E-state index is 0.446. The Morgan fingerprint density at radius 3 is 2.67 bits per heavy atom. The molecule has 0 saturated heterocycles. The first-order chi connectivity index (χ1) is 14.6. The van der Waals surface area contributed by atoms with Crippen LogP contribution in [0.5, 0.6) is 5.75 Å². The third-order valence-corrected chi connectivity index (χ3v) is 4.73. The van der Waals surface area contributed by atoms with E-state index in [-0.39, 0.29) is 0 Å². The Morgan fingerprint density at radius 1 is 1.17 bits per heavy atom. The first-order valence-corrected chi connectivity index (χ1v) is 9.63. The van der Waals surface area contributed by atoms with E-state index in [0.717, 1.165) is 35.5 Å². The molecule has 0 radical (unpaired) electrons. The Kier molecular flexibility index (Phi) is 5.30. The molecule has 0 spiro atoms. The minimum Gasteiger partial charge on any atom is -0.497 e. The topological polar surface area (TPSA) is 107 Å². The third-order valence-electron chi connectivity index (χ3n) is 4.73. The van der Waals surface area contributed by atoms with Gasteiger partial charge in [-0.15, -0.1) is 0 Å². The van der Waals surface area contributed by atoms with E-state index in [9.17, 15) is 4.79 Å². The van der Waals surface area contributed by atoms with E-state index < -0.39 is 5.91 Å². The van der Waals surface area contributed by atoms with Crippen LogP contribution in [0.1, 0.15) is 29.3 Å². The van der Waals surface area contributed by atoms with Gasteiger partial charge in [0.1, 0.15) is 17.9 Å². The van der Waals surface area contributed by atoms with Crippen LogP contribution in [0.2, 0.25) is 0 Å². The van der Waals surface area contributed by atoms with Crippen LogP contribution in [-0.2, 0) is 6.42 Å². The van der Waals surface area contributed by atoms with Crippen molar-refractivity contribution in [2.45, 2.75) is 19.8 Å². The number of nitrogens with two attached hydrogens (primary N) is 1. The Morgan fingerprint density at radius 2 is 1.97 bits per heavy atom. The van der Waals surface area contributed by atoms with Crippen molar-refractivity contribution in [2.24, 2.45) is 5.73 Å². The van der Waals surface area contributed by atoms with Crippen LogP contribution in [-0.4, -0.2) is 32.6 Å². The molecular weight excluding hydrogens is 380 g/mol. The molecule has 8 heteroatoms. The molecule has 1 amide bonds. The number of aryl methyl sites for hydroxylation is 1. The number of hydrogen-bond acceptors (Lipinski definition) is 6. The minimum atomic E-state index is -0.465. The second-order valence-corrected chi connectivity index (χ2v) is 6.88. The van der Waals surface area contributed by atoms with Crippen molar-refractivity contribution in [1.29, 1.82) is 0 Å². The van der Waals surface area contributed by atoms with E-state index in [2.05, 4.69) is 33.4 Å². The lowest BCUT2D eigenvalue weighted by Crippen LogP contribution is -2.10. The summed E-state index contributed by atoms with van der Waals surface area (Å²) in [5, 5.41) is 7.58. The largest absolute Gasteiger partial charge is 0.497 e. The highest BCUT2D eigenvalue weighted by Gasteiger charge is 2.12. The molecule has 2 aromatic heterocycles. The van der Waals surface area contributed by atoms with Crippen molar-refractivity contribution in [2.75, 3.05) is 12.4 Å². The van der Waals surface area contributed by atoms with Crippen molar-refractivity contribution in [1.82, 2.24) is 19.6 Å². The zero-order valence-corrected chi connectivity index (χ0v) is 16.8. The fourth-order valence-corrected chi connectivity index (χ4v) is 3.31. The molecule has 0 unspecified atom stereocenters. The fraction of sp³-hybridized carbons (Fsp3) is 0.182. The summed E-state index contributed by atoms with van der Waals surface area (Å²) in [6.07, 6.45) is 3.47. The van der Waals surface area contributed by atoms with Crippen LogP contribution in [0, 0.1) is 0 Å². The second kappa shape index (κ2) is 8.20. The Bertz CT molecular complexity index is 1200. The molecule has 0 bridgehead atoms. The Hall–Kier alpha value is -3.94. The van der Waals surface area contributed by atoms with Crippen LogP contribution in [0.3, 0.4) is 0 Å². The van der Waals surface area contributed by atoms with Crippen LogP contribution < -0.4 is 15.8 Å². The van der Waals surface area contributed by atoms with Gasteiger partial charge in [0.2, 0.25) is 5.91 Å². The fourth-order valence-electron chi connectivity index (χ4n) is 3.31. The number of benzene rings is 2. The van der Waals surface area contributed by atoms with Crippen molar-refractivity contribution >= 4 is 23.2 Å². The maximum Gasteiger partial charge on any atom is 0.254 e. The number of methoxy groups -OCH3 is 1. The van der Waals surface area contributed by atoms with Crippen molar-refractivity contribution in [3.8, 4) is 17.0 Å². The first kappa shape index (κ1) is 19.4. The number of nitrogens with one attached hydrogen (secondary N) is 1. The Balaban J connectivity index is 1.76. The zero-order chi connectivity index (χ0) is 21.1. The van der Waals surface area contributed by atoms with E-state index in [0.29, 0.717) is 17.2 Å². The van der Waals surface area contributed by atoms with Gasteiger partial charge in [0.25, 0.3) is 5.78 Å². The second-order valence-electron chi connectivity index (χ2n) is 6.88. The molecule has 8 nitrogen and oxygen atoms in total. The molecule has 0 aliphatic heterocycles. The number of nitrogens with zero attached hydrogens (tertiary/aromatic N) is 4. The molecule has 0 saturated carbocycles. The zero-order valence-electron chi connectivity index (χ0n) is 16.8. The number of rotatable bonds is 7. The van der Waals surface area contributed by atoms with E-state index >= 15 is 0 Å². The summed E-state index contributed by atoms with van der Waals surface area (Å²) >= 11 is 0. The molecule has 0 fully saturated rings. The summed E-state index contributed by atoms with van der Waals surface area (Å²) < 4.78 is 7.20. The lowest BCUT2D eigenvalue weighted by Gasteiger charge is -2.12. The standard InChI is InChI=1S/C22H22N6O2/c1-3-4-14-9-16(11-18(10-14)30-2)19-12-20(27-22-24-13-25-28(19)22)26-17-7-5-15(6-8-17)21(23)29/h5-13H,3-4H2,1-2H3,(H2,23,29)(H,24,25,26,27). The number of amides is 1. The molecule has 3 N–H and O–H groups in total. The number of carbonyl (C=O) groups is 1. The first-order valence-electron chi connectivity index (χ1n) is 9.63. The molecule has 2 aromatic carbocycles. The van der Waals surface area contributed by atoms with E-state index in [1.165, 1.54) is 11.9 Å². The number of hydrogen-bond donors (Lipinski definition) is 2. The van der Waals surface area contributed by atoms with Gasteiger partial charge in [-0.3, -0.25) is 4.79 Å². The van der Waals surface area contributed by atoms with Crippen LogP contribution >= 0.6 is 0 Å². The van der Waals surface area contributed by atoms with E-state index in [1.54, 1.807) is 35.9 Å². The number of aromatic nitrogens is 4. The monoisotopic (exact) mass is 402 g/mol. The molecule has 152 valence electrons. The Labute approximate surface area is 173 Å². The molecule has 4 aromatic rings. The van der Waals surface area contributed by atoms with E-state index in [1.807, 2.05) is 18.2 Å². The highest BCUT2D eigenvalue weighted by Crippen LogP contribution is 2.29. The number of carbonyl (C=O) groups excluding carboxylic acids is 1. The maximum atomic E-state index is 11.3. The third kappa shape index (κ3) is 3.93. The van der Waals surface area contributed by atoms with Gasteiger partial charge in [-0.1, -0.05) is 13.3 Å². The number of fused-ring (bicyclic) bond motifs is 1. The number of primary amides is 1. The highest BCUT2D eigenvalue weighted by atomic mass is 16.5. The predicted octanol–water partition coefficient (Wildman–Crippen LogP) is 3.59. The van der Waals surface area contributed by atoms with Crippen molar-refractivity contribution in [3.05, 3.63) is 66.0 Å². The molecule has 4 rings (SSSR count). The lowest BCUT2D eigenvalue weighted by molar-refractivity contribution is 0.100. The number of anilines is 2. The number of ether oxygens (including phenoxy) is 1. The van der Waals surface area contributed by atoms with Gasteiger partial charge in [0.05, 0.1) is 12.8 Å². The van der Waals surface area contributed by atoms with E-state index in [4.69, 9.17) is 10.5 Å². The van der Waals surface area contributed by atoms with Gasteiger partial charge < -0.3 is 15.8 Å². The SMILES string of the molecule is CCCc1cc(OC)cc(-c2cc(Nc3ccc(C(N)=O)cc3)nc3ncnn23)c1. The summed E-state index contributed by atoms with van der Waals surface area (Å²) in [6, 6.07) is 15.0. The summed E-state index contributed by atoms with van der Waals surface area (Å²) in [5.74, 6) is 1.41. The molecular formula is C22H22N6O2. The van der Waals surface area contributed by atoms with Crippen molar-refractivity contribution < 1.29 is 9.53 Å². The highest BCUT2D eigenvalue weighted by molar-refractivity contribution is 5.93. The smallest absolute Gasteiger partial charge is 0.254 e. The molecule has 0 aliphatic rings. The lowest BCUT2D eigenvalue weighted by atomic mass is 10.0. The predicted molar refractivity (Wildman–Crippen MR) is 115 cm³/mol. The van der Waals surface area contributed by atoms with Crippen LogP contribution in [0.25, 0.3) is 17.0 Å². The summed E-state index contributed by atoms with van der Waals surface area (Å²) in [4.78, 5) is 20.1. The maximum absolute atomic E-state index is 11.3. The van der Waals surface area contributed by atoms with Gasteiger partial charge in [-0.2, -0.15) is 19.6 Å².